The highest BCUT2D eigenvalue weighted by Crippen LogP contribution is 2.24. The van der Waals surface area contributed by atoms with Crippen LogP contribution in [-0.4, -0.2) is 34.2 Å². The molecule has 0 spiro atoms. The van der Waals surface area contributed by atoms with E-state index in [9.17, 15) is 19.3 Å². The van der Waals surface area contributed by atoms with Crippen molar-refractivity contribution in [3.63, 3.8) is 0 Å². The first-order chi connectivity index (χ1) is 8.99. The molecule has 0 aliphatic carbocycles. The maximum Gasteiger partial charge on any atom is 0.282 e. The molecule has 1 aromatic rings. The number of alkyl halides is 1. The molecule has 1 aliphatic rings. The fourth-order valence-corrected chi connectivity index (χ4v) is 2.26. The van der Waals surface area contributed by atoms with Gasteiger partial charge in [-0.1, -0.05) is 0 Å². The van der Waals surface area contributed by atoms with Gasteiger partial charge in [0, 0.05) is 24.5 Å². The highest BCUT2D eigenvalue weighted by atomic mass is 35.5. The van der Waals surface area contributed by atoms with Crippen LogP contribution in [0.1, 0.15) is 23.2 Å². The summed E-state index contributed by atoms with van der Waals surface area (Å²) in [5.41, 5.74) is -0.586. The van der Waals surface area contributed by atoms with E-state index < -0.39 is 16.6 Å². The van der Waals surface area contributed by atoms with Gasteiger partial charge in [0.1, 0.15) is 11.4 Å². The number of nitrogens with zero attached hydrogens (tertiary/aromatic N) is 2. The van der Waals surface area contributed by atoms with Crippen LogP contribution in [0.3, 0.4) is 0 Å². The van der Waals surface area contributed by atoms with Crippen LogP contribution < -0.4 is 0 Å². The van der Waals surface area contributed by atoms with E-state index in [1.165, 1.54) is 4.90 Å². The standard InChI is InChI=1S/C12H12ClFN2O3/c13-8-3-5-15(6-4-8)12(17)10-7-9(14)1-2-11(10)16(18)19/h1-2,7-8H,3-6H2. The van der Waals surface area contributed by atoms with Crippen LogP contribution in [0.25, 0.3) is 0 Å². The Hall–Kier alpha value is -1.69. The quantitative estimate of drug-likeness (QED) is 0.477. The summed E-state index contributed by atoms with van der Waals surface area (Å²) >= 11 is 5.93. The third-order valence-corrected chi connectivity index (χ3v) is 3.53. The smallest absolute Gasteiger partial charge is 0.282 e. The summed E-state index contributed by atoms with van der Waals surface area (Å²) in [5.74, 6) is -1.18. The molecule has 2 rings (SSSR count). The van der Waals surface area contributed by atoms with E-state index in [2.05, 4.69) is 0 Å². The van der Waals surface area contributed by atoms with Gasteiger partial charge in [-0.3, -0.25) is 14.9 Å². The fraction of sp³-hybridized carbons (Fsp3) is 0.417. The van der Waals surface area contributed by atoms with Crippen molar-refractivity contribution in [2.45, 2.75) is 18.2 Å². The lowest BCUT2D eigenvalue weighted by Crippen LogP contribution is -2.39. The first kappa shape index (κ1) is 13.7. The summed E-state index contributed by atoms with van der Waals surface area (Å²) in [6.07, 6.45) is 1.27. The molecule has 0 atom stereocenters. The molecule has 0 radical (unpaired) electrons. The Morgan fingerprint density at radius 3 is 2.63 bits per heavy atom. The van der Waals surface area contributed by atoms with Crippen LogP contribution in [0.15, 0.2) is 18.2 Å². The third-order valence-electron chi connectivity index (χ3n) is 3.10. The second kappa shape index (κ2) is 5.52. The van der Waals surface area contributed by atoms with E-state index in [-0.39, 0.29) is 16.6 Å². The first-order valence-corrected chi connectivity index (χ1v) is 6.30. The van der Waals surface area contributed by atoms with Crippen molar-refractivity contribution in [1.29, 1.82) is 0 Å². The van der Waals surface area contributed by atoms with Gasteiger partial charge in [0.2, 0.25) is 0 Å². The molecular formula is C12H12ClFN2O3. The number of benzene rings is 1. The Morgan fingerprint density at radius 2 is 2.05 bits per heavy atom. The van der Waals surface area contributed by atoms with E-state index in [1.54, 1.807) is 0 Å². The SMILES string of the molecule is O=C(c1cc(F)ccc1[N+](=O)[O-])N1CCC(Cl)CC1. The number of carbonyl (C=O) groups excluding carboxylic acids is 1. The van der Waals surface area contributed by atoms with Gasteiger partial charge >= 0.3 is 0 Å². The van der Waals surface area contributed by atoms with Gasteiger partial charge in [-0.15, -0.1) is 11.6 Å². The molecule has 102 valence electrons. The van der Waals surface area contributed by atoms with E-state index >= 15 is 0 Å². The number of hydrogen-bond donors (Lipinski definition) is 0. The lowest BCUT2D eigenvalue weighted by molar-refractivity contribution is -0.385. The van der Waals surface area contributed by atoms with Crippen molar-refractivity contribution in [3.05, 3.63) is 39.7 Å². The molecule has 1 aliphatic heterocycles. The van der Waals surface area contributed by atoms with E-state index in [4.69, 9.17) is 11.6 Å². The van der Waals surface area contributed by atoms with Gasteiger partial charge in [0.05, 0.1) is 4.92 Å². The Morgan fingerprint density at radius 1 is 1.42 bits per heavy atom. The zero-order valence-corrected chi connectivity index (χ0v) is 10.8. The second-order valence-electron chi connectivity index (χ2n) is 4.39. The van der Waals surface area contributed by atoms with E-state index in [1.807, 2.05) is 0 Å². The lowest BCUT2D eigenvalue weighted by atomic mass is 10.1. The molecule has 0 aromatic heterocycles. The number of piperidine rings is 1. The van der Waals surface area contributed by atoms with Crippen molar-refractivity contribution < 1.29 is 14.1 Å². The monoisotopic (exact) mass is 286 g/mol. The number of amides is 1. The second-order valence-corrected chi connectivity index (χ2v) is 5.00. The lowest BCUT2D eigenvalue weighted by Gasteiger charge is -2.29. The molecule has 0 unspecified atom stereocenters. The number of halogens is 2. The molecule has 0 bridgehead atoms. The van der Waals surface area contributed by atoms with Crippen LogP contribution in [0.4, 0.5) is 10.1 Å². The summed E-state index contributed by atoms with van der Waals surface area (Å²) in [5, 5.41) is 10.9. The minimum Gasteiger partial charge on any atom is -0.338 e. The normalized spacial score (nSPS) is 16.4. The fourth-order valence-electron chi connectivity index (χ4n) is 2.06. The maximum absolute atomic E-state index is 13.2. The highest BCUT2D eigenvalue weighted by molar-refractivity contribution is 6.20. The number of likely N-dealkylation sites (tertiary alicyclic amines) is 1. The minimum atomic E-state index is -0.680. The predicted octanol–water partition coefficient (Wildman–Crippen LogP) is 2.58. The summed E-state index contributed by atoms with van der Waals surface area (Å²) in [6, 6.07) is 2.89. The highest BCUT2D eigenvalue weighted by Gasteiger charge is 2.28. The molecule has 19 heavy (non-hydrogen) atoms. The molecular weight excluding hydrogens is 275 g/mol. The van der Waals surface area contributed by atoms with Crippen LogP contribution in [0.2, 0.25) is 0 Å². The summed E-state index contributed by atoms with van der Waals surface area (Å²) in [6.45, 7) is 0.862. The largest absolute Gasteiger partial charge is 0.338 e. The minimum absolute atomic E-state index is 0.0199. The van der Waals surface area contributed by atoms with Gasteiger partial charge in [-0.05, 0) is 25.0 Å². The molecule has 1 heterocycles. The number of nitro benzene ring substituents is 1. The Balaban J connectivity index is 2.27. The van der Waals surface area contributed by atoms with Gasteiger partial charge < -0.3 is 4.90 Å². The average molecular weight is 287 g/mol. The van der Waals surface area contributed by atoms with Gasteiger partial charge in [-0.2, -0.15) is 0 Å². The Bertz CT molecular complexity index is 516. The van der Waals surface area contributed by atoms with Crippen LogP contribution in [-0.2, 0) is 0 Å². The summed E-state index contributed by atoms with van der Waals surface area (Å²) in [7, 11) is 0. The molecule has 0 N–H and O–H groups in total. The van der Waals surface area contributed by atoms with Crippen molar-refractivity contribution >= 4 is 23.2 Å². The Labute approximate surface area is 114 Å². The number of carbonyl (C=O) groups is 1. The van der Waals surface area contributed by atoms with Gasteiger partial charge in [-0.25, -0.2) is 4.39 Å². The Kier molecular flexibility index (Phi) is 3.99. The van der Waals surface area contributed by atoms with Crippen LogP contribution in [0.5, 0.6) is 0 Å². The van der Waals surface area contributed by atoms with Gasteiger partial charge in [0.25, 0.3) is 11.6 Å². The van der Waals surface area contributed by atoms with Crippen LogP contribution >= 0.6 is 11.6 Å². The van der Waals surface area contributed by atoms with Crippen molar-refractivity contribution in [3.8, 4) is 0 Å². The first-order valence-electron chi connectivity index (χ1n) is 5.86. The maximum atomic E-state index is 13.2. The summed E-state index contributed by atoms with van der Waals surface area (Å²) in [4.78, 5) is 23.9. The van der Waals surface area contributed by atoms with E-state index in [0.717, 1.165) is 18.2 Å². The molecule has 1 fully saturated rings. The van der Waals surface area contributed by atoms with Crippen molar-refractivity contribution in [2.24, 2.45) is 0 Å². The molecule has 0 saturated carbocycles. The molecule has 7 heteroatoms. The summed E-state index contributed by atoms with van der Waals surface area (Å²) < 4.78 is 13.2. The molecule has 1 saturated heterocycles. The predicted molar refractivity (Wildman–Crippen MR) is 67.8 cm³/mol. The third kappa shape index (κ3) is 3.01. The van der Waals surface area contributed by atoms with Crippen molar-refractivity contribution in [2.75, 3.05) is 13.1 Å². The molecule has 1 aromatic carbocycles. The number of hydrogen-bond acceptors (Lipinski definition) is 3. The zero-order valence-electron chi connectivity index (χ0n) is 10.0. The van der Waals surface area contributed by atoms with Crippen LogP contribution in [0, 0.1) is 15.9 Å². The number of nitro groups is 1. The number of rotatable bonds is 2. The van der Waals surface area contributed by atoms with Gasteiger partial charge in [0.15, 0.2) is 0 Å². The molecule has 5 nitrogen and oxygen atoms in total. The zero-order chi connectivity index (χ0) is 14.0. The average Bonchev–Trinajstić information content (AvgIpc) is 2.38. The molecule has 1 amide bonds. The van der Waals surface area contributed by atoms with Crippen molar-refractivity contribution in [1.82, 2.24) is 4.90 Å². The topological polar surface area (TPSA) is 63.4 Å². The van der Waals surface area contributed by atoms with E-state index in [0.29, 0.717) is 25.9 Å².